The van der Waals surface area contributed by atoms with Crippen LogP contribution < -0.4 is 5.32 Å². The molecule has 1 aromatic rings. The van der Waals surface area contributed by atoms with Crippen LogP contribution in [0.3, 0.4) is 0 Å². The zero-order valence-corrected chi connectivity index (χ0v) is 11.6. The van der Waals surface area contributed by atoms with Crippen molar-refractivity contribution in [1.29, 1.82) is 0 Å². The van der Waals surface area contributed by atoms with E-state index >= 15 is 0 Å². The van der Waals surface area contributed by atoms with E-state index in [9.17, 15) is 4.79 Å². The van der Waals surface area contributed by atoms with Gasteiger partial charge in [-0.2, -0.15) is 0 Å². The molecule has 0 aliphatic rings. The maximum atomic E-state index is 12.0. The molecular formula is C11H14ClN3OS. The second-order valence-electron chi connectivity index (χ2n) is 3.44. The Bertz CT molecular complexity index is 462. The van der Waals surface area contributed by atoms with E-state index < -0.39 is 0 Å². The number of rotatable bonds is 4. The number of hydrogen-bond donors (Lipinski definition) is 1. The van der Waals surface area contributed by atoms with E-state index in [0.29, 0.717) is 27.1 Å². The quantitative estimate of drug-likeness (QED) is 0.674. The SMILES string of the molecule is C=C(Cl)CNC(=O)c1c(C)nc(C)nc1SC. The normalized spacial score (nSPS) is 10.1. The summed E-state index contributed by atoms with van der Waals surface area (Å²) in [5.41, 5.74) is 1.17. The largest absolute Gasteiger partial charge is 0.347 e. The van der Waals surface area contributed by atoms with Gasteiger partial charge >= 0.3 is 0 Å². The van der Waals surface area contributed by atoms with Gasteiger partial charge < -0.3 is 5.32 Å². The number of carbonyl (C=O) groups is 1. The van der Waals surface area contributed by atoms with E-state index in [1.807, 2.05) is 6.26 Å². The minimum atomic E-state index is -0.228. The van der Waals surface area contributed by atoms with Crippen molar-refractivity contribution in [2.24, 2.45) is 0 Å². The van der Waals surface area contributed by atoms with Gasteiger partial charge in [-0.3, -0.25) is 4.79 Å². The predicted molar refractivity (Wildman–Crippen MR) is 70.6 cm³/mol. The number of aryl methyl sites for hydroxylation is 2. The van der Waals surface area contributed by atoms with E-state index in [1.54, 1.807) is 13.8 Å². The maximum absolute atomic E-state index is 12.0. The molecule has 0 aliphatic carbocycles. The van der Waals surface area contributed by atoms with Gasteiger partial charge in [-0.05, 0) is 20.1 Å². The van der Waals surface area contributed by atoms with Crippen LogP contribution in [0.15, 0.2) is 16.6 Å². The van der Waals surface area contributed by atoms with E-state index in [2.05, 4.69) is 21.9 Å². The average molecular weight is 272 g/mol. The summed E-state index contributed by atoms with van der Waals surface area (Å²) in [4.78, 5) is 20.4. The van der Waals surface area contributed by atoms with Crippen LogP contribution in [0.4, 0.5) is 0 Å². The van der Waals surface area contributed by atoms with Crippen LogP contribution in [-0.2, 0) is 0 Å². The number of carbonyl (C=O) groups excluding carboxylic acids is 1. The first kappa shape index (κ1) is 14.0. The molecule has 1 N–H and O–H groups in total. The van der Waals surface area contributed by atoms with Crippen molar-refractivity contribution in [3.63, 3.8) is 0 Å². The molecule has 0 aliphatic heterocycles. The van der Waals surface area contributed by atoms with Gasteiger partial charge in [0.1, 0.15) is 10.9 Å². The maximum Gasteiger partial charge on any atom is 0.256 e. The summed E-state index contributed by atoms with van der Waals surface area (Å²) in [5.74, 6) is 0.429. The summed E-state index contributed by atoms with van der Waals surface area (Å²) in [6.07, 6.45) is 1.87. The number of amides is 1. The van der Waals surface area contributed by atoms with Crippen molar-refractivity contribution in [3.05, 3.63) is 28.7 Å². The molecular weight excluding hydrogens is 258 g/mol. The fourth-order valence-electron chi connectivity index (χ4n) is 1.35. The molecule has 0 bridgehead atoms. The predicted octanol–water partition coefficient (Wildman–Crippen LogP) is 2.30. The number of halogens is 1. The molecule has 0 fully saturated rings. The van der Waals surface area contributed by atoms with E-state index in [4.69, 9.17) is 11.6 Å². The number of hydrogen-bond acceptors (Lipinski definition) is 4. The number of thioether (sulfide) groups is 1. The topological polar surface area (TPSA) is 54.9 Å². The van der Waals surface area contributed by atoms with Gasteiger partial charge in [-0.15, -0.1) is 11.8 Å². The van der Waals surface area contributed by atoms with Gasteiger partial charge in [-0.25, -0.2) is 9.97 Å². The van der Waals surface area contributed by atoms with E-state index in [-0.39, 0.29) is 12.5 Å². The molecule has 1 amide bonds. The van der Waals surface area contributed by atoms with Crippen LogP contribution in [0, 0.1) is 13.8 Å². The molecule has 1 rings (SSSR count). The molecule has 0 unspecified atom stereocenters. The lowest BCUT2D eigenvalue weighted by atomic mass is 10.2. The minimum Gasteiger partial charge on any atom is -0.347 e. The van der Waals surface area contributed by atoms with Crippen molar-refractivity contribution in [2.45, 2.75) is 18.9 Å². The summed E-state index contributed by atoms with van der Waals surface area (Å²) < 4.78 is 0. The van der Waals surface area contributed by atoms with Crippen LogP contribution in [0.2, 0.25) is 0 Å². The van der Waals surface area contributed by atoms with Crippen LogP contribution in [0.25, 0.3) is 0 Å². The Morgan fingerprint density at radius 2 is 2.12 bits per heavy atom. The van der Waals surface area contributed by atoms with Crippen LogP contribution >= 0.6 is 23.4 Å². The average Bonchev–Trinajstić information content (AvgIpc) is 2.24. The summed E-state index contributed by atoms with van der Waals surface area (Å²) in [7, 11) is 0. The van der Waals surface area contributed by atoms with E-state index in [0.717, 1.165) is 0 Å². The summed E-state index contributed by atoms with van der Waals surface area (Å²) in [5, 5.41) is 3.73. The Balaban J connectivity index is 3.03. The molecule has 17 heavy (non-hydrogen) atoms. The monoisotopic (exact) mass is 271 g/mol. The van der Waals surface area contributed by atoms with Gasteiger partial charge in [-0.1, -0.05) is 18.2 Å². The highest BCUT2D eigenvalue weighted by Crippen LogP contribution is 2.20. The molecule has 0 spiro atoms. The third-order valence-electron chi connectivity index (χ3n) is 2.03. The molecule has 0 saturated carbocycles. The standard InChI is InChI=1S/C11H14ClN3OS/c1-6(12)5-13-10(16)9-7(2)14-8(3)15-11(9)17-4/h1,5H2,2-4H3,(H,13,16). The molecule has 6 heteroatoms. The van der Waals surface area contributed by atoms with Crippen molar-refractivity contribution in [3.8, 4) is 0 Å². The first-order chi connectivity index (χ1) is 7.95. The van der Waals surface area contributed by atoms with Crippen molar-refractivity contribution in [2.75, 3.05) is 12.8 Å². The summed E-state index contributed by atoms with van der Waals surface area (Å²) in [6, 6.07) is 0. The third-order valence-corrected chi connectivity index (χ3v) is 2.85. The molecule has 0 atom stereocenters. The minimum absolute atomic E-state index is 0.228. The second kappa shape index (κ2) is 6.02. The highest BCUT2D eigenvalue weighted by molar-refractivity contribution is 7.98. The second-order valence-corrected chi connectivity index (χ2v) is 4.77. The summed E-state index contributed by atoms with van der Waals surface area (Å²) >= 11 is 7.02. The third kappa shape index (κ3) is 3.71. The van der Waals surface area contributed by atoms with E-state index in [1.165, 1.54) is 11.8 Å². The molecule has 1 aromatic heterocycles. The summed E-state index contributed by atoms with van der Waals surface area (Å²) in [6.45, 7) is 7.34. The molecule has 92 valence electrons. The van der Waals surface area contributed by atoms with Gasteiger partial charge in [0.15, 0.2) is 0 Å². The lowest BCUT2D eigenvalue weighted by Crippen LogP contribution is -2.26. The van der Waals surface area contributed by atoms with Gasteiger partial charge in [0.2, 0.25) is 0 Å². The molecule has 4 nitrogen and oxygen atoms in total. The Labute approximate surface area is 110 Å². The lowest BCUT2D eigenvalue weighted by Gasteiger charge is -2.10. The molecule has 0 radical (unpaired) electrons. The van der Waals surface area contributed by atoms with Gasteiger partial charge in [0.25, 0.3) is 5.91 Å². The number of nitrogens with zero attached hydrogens (tertiary/aromatic N) is 2. The van der Waals surface area contributed by atoms with Crippen molar-refractivity contribution < 1.29 is 4.79 Å². The zero-order chi connectivity index (χ0) is 13.0. The Morgan fingerprint density at radius 3 is 2.65 bits per heavy atom. The zero-order valence-electron chi connectivity index (χ0n) is 10.0. The fraction of sp³-hybridized carbons (Fsp3) is 0.364. The fourth-order valence-corrected chi connectivity index (χ4v) is 2.09. The smallest absolute Gasteiger partial charge is 0.256 e. The van der Waals surface area contributed by atoms with Crippen LogP contribution in [0.1, 0.15) is 21.9 Å². The van der Waals surface area contributed by atoms with Gasteiger partial charge in [0, 0.05) is 5.03 Å². The van der Waals surface area contributed by atoms with Crippen LogP contribution in [0.5, 0.6) is 0 Å². The highest BCUT2D eigenvalue weighted by Gasteiger charge is 2.16. The molecule has 1 heterocycles. The Hall–Kier alpha value is -1.07. The first-order valence-electron chi connectivity index (χ1n) is 4.96. The highest BCUT2D eigenvalue weighted by atomic mass is 35.5. The Morgan fingerprint density at radius 1 is 1.47 bits per heavy atom. The van der Waals surface area contributed by atoms with Gasteiger partial charge in [0.05, 0.1) is 17.8 Å². The van der Waals surface area contributed by atoms with Crippen molar-refractivity contribution >= 4 is 29.3 Å². The Kier molecular flexibility index (Phi) is 4.96. The molecule has 0 saturated heterocycles. The van der Waals surface area contributed by atoms with Crippen molar-refractivity contribution in [1.82, 2.24) is 15.3 Å². The number of nitrogens with one attached hydrogen (secondary N) is 1. The molecule has 0 aromatic carbocycles. The number of aromatic nitrogens is 2. The lowest BCUT2D eigenvalue weighted by molar-refractivity contribution is 0.0952. The van der Waals surface area contributed by atoms with Crippen LogP contribution in [-0.4, -0.2) is 28.7 Å². The first-order valence-corrected chi connectivity index (χ1v) is 6.56.